The Morgan fingerprint density at radius 1 is 1.10 bits per heavy atom. The second kappa shape index (κ2) is 11.3. The van der Waals surface area contributed by atoms with Crippen molar-refractivity contribution in [1.29, 1.82) is 0 Å². The summed E-state index contributed by atoms with van der Waals surface area (Å²) in [6, 6.07) is 5.44. The van der Waals surface area contributed by atoms with Crippen molar-refractivity contribution in [3.05, 3.63) is 23.8 Å². The Balaban J connectivity index is 0.000000511. The number of carbonyl (C=O) groups excluding carboxylic acids is 1. The van der Waals surface area contributed by atoms with Crippen molar-refractivity contribution >= 4 is 5.78 Å². The number of benzene rings is 1. The average molecular weight is 280 g/mol. The van der Waals surface area contributed by atoms with Crippen molar-refractivity contribution in [1.82, 2.24) is 0 Å². The highest BCUT2D eigenvalue weighted by Gasteiger charge is 2.02. The van der Waals surface area contributed by atoms with Crippen molar-refractivity contribution in [3.63, 3.8) is 0 Å². The van der Waals surface area contributed by atoms with Gasteiger partial charge in [0, 0.05) is 12.8 Å². The van der Waals surface area contributed by atoms with Crippen LogP contribution >= 0.6 is 0 Å². The summed E-state index contributed by atoms with van der Waals surface area (Å²) < 4.78 is 5.49. The van der Waals surface area contributed by atoms with Crippen molar-refractivity contribution in [2.75, 3.05) is 6.61 Å². The molecule has 0 amide bonds. The number of carbonyl (C=O) groups is 1. The number of ether oxygens (including phenoxy) is 1. The van der Waals surface area contributed by atoms with Gasteiger partial charge < -0.3 is 9.84 Å². The highest BCUT2D eigenvalue weighted by Crippen LogP contribution is 2.24. The summed E-state index contributed by atoms with van der Waals surface area (Å²) in [5.41, 5.74) is 0.973. The minimum atomic E-state index is 0.343. The summed E-state index contributed by atoms with van der Waals surface area (Å²) in [7, 11) is 0. The molecular weight excluding hydrogens is 252 g/mol. The largest absolute Gasteiger partial charge is 0.508 e. The number of phenolic OH excluding ortho intramolecular Hbond substituents is 1. The molecule has 20 heavy (non-hydrogen) atoms. The van der Waals surface area contributed by atoms with Crippen LogP contribution in [0.4, 0.5) is 0 Å². The lowest BCUT2D eigenvalue weighted by molar-refractivity contribution is -0.118. The molecule has 1 aromatic rings. The number of aryl methyl sites for hydroxylation is 1. The zero-order chi connectivity index (χ0) is 15.4. The number of phenols is 1. The van der Waals surface area contributed by atoms with Gasteiger partial charge in [0.05, 0.1) is 6.61 Å². The van der Waals surface area contributed by atoms with Crippen LogP contribution in [0.2, 0.25) is 0 Å². The van der Waals surface area contributed by atoms with Crippen LogP contribution in [0.5, 0.6) is 11.5 Å². The number of rotatable bonds is 7. The first kappa shape index (κ1) is 18.5. The van der Waals surface area contributed by atoms with Gasteiger partial charge in [0.2, 0.25) is 0 Å². The van der Waals surface area contributed by atoms with Gasteiger partial charge in [-0.05, 0) is 36.6 Å². The predicted octanol–water partition coefficient (Wildman–Crippen LogP) is 4.51. The highest BCUT2D eigenvalue weighted by atomic mass is 16.5. The van der Waals surface area contributed by atoms with Gasteiger partial charge in [0.1, 0.15) is 17.3 Å². The highest BCUT2D eigenvalue weighted by molar-refractivity contribution is 5.77. The van der Waals surface area contributed by atoms with Gasteiger partial charge in [0.25, 0.3) is 0 Å². The van der Waals surface area contributed by atoms with E-state index < -0.39 is 0 Å². The summed E-state index contributed by atoms with van der Waals surface area (Å²) >= 11 is 0. The molecule has 0 saturated carbocycles. The van der Waals surface area contributed by atoms with Gasteiger partial charge in [-0.15, -0.1) is 0 Å². The first-order chi connectivity index (χ1) is 9.58. The Bertz CT molecular complexity index is 380. The smallest absolute Gasteiger partial charge is 0.132 e. The summed E-state index contributed by atoms with van der Waals surface area (Å²) in [5, 5.41) is 9.54. The molecule has 1 aromatic carbocycles. The first-order valence-corrected chi connectivity index (χ1v) is 7.55. The molecule has 0 atom stereocenters. The SMILES string of the molecule is CCC(=O)CC.CCCOc1ccc(O)c(CCC)c1. The molecule has 0 bridgehead atoms. The van der Waals surface area contributed by atoms with Gasteiger partial charge in [0.15, 0.2) is 0 Å². The van der Waals surface area contributed by atoms with E-state index in [4.69, 9.17) is 4.74 Å². The summed E-state index contributed by atoms with van der Waals surface area (Å²) in [6.45, 7) is 8.67. The third-order valence-electron chi connectivity index (χ3n) is 2.83. The average Bonchev–Trinajstić information content (AvgIpc) is 2.48. The monoisotopic (exact) mass is 280 g/mol. The second-order valence-electron chi connectivity index (χ2n) is 4.63. The standard InChI is InChI=1S/C12H18O2.C5H10O/c1-3-5-10-9-11(14-8-4-2)6-7-12(10)13;1-3-5(6)4-2/h6-7,9,13H,3-5,8H2,1-2H3;3-4H2,1-2H3. The number of ketones is 1. The lowest BCUT2D eigenvalue weighted by Gasteiger charge is -2.08. The lowest BCUT2D eigenvalue weighted by atomic mass is 10.1. The van der Waals surface area contributed by atoms with Gasteiger partial charge in [-0.25, -0.2) is 0 Å². The van der Waals surface area contributed by atoms with Crippen LogP contribution < -0.4 is 4.74 Å². The van der Waals surface area contributed by atoms with Crippen LogP contribution in [0.15, 0.2) is 18.2 Å². The second-order valence-corrected chi connectivity index (χ2v) is 4.63. The van der Waals surface area contributed by atoms with E-state index in [-0.39, 0.29) is 0 Å². The van der Waals surface area contributed by atoms with Crippen LogP contribution in [-0.2, 0) is 11.2 Å². The topological polar surface area (TPSA) is 46.5 Å². The Morgan fingerprint density at radius 3 is 2.20 bits per heavy atom. The predicted molar refractivity (Wildman–Crippen MR) is 83.5 cm³/mol. The van der Waals surface area contributed by atoms with Crippen molar-refractivity contribution in [3.8, 4) is 11.5 Å². The zero-order valence-corrected chi connectivity index (χ0v) is 13.2. The number of hydrogen-bond donors (Lipinski definition) is 1. The third kappa shape index (κ3) is 7.82. The summed E-state index contributed by atoms with van der Waals surface area (Å²) in [6.07, 6.45) is 4.32. The van der Waals surface area contributed by atoms with Crippen LogP contribution in [0.3, 0.4) is 0 Å². The molecule has 0 heterocycles. The van der Waals surface area contributed by atoms with Crippen molar-refractivity contribution in [2.24, 2.45) is 0 Å². The number of hydrogen-bond acceptors (Lipinski definition) is 3. The van der Waals surface area contributed by atoms with Gasteiger partial charge in [-0.1, -0.05) is 34.1 Å². The van der Waals surface area contributed by atoms with E-state index in [1.54, 1.807) is 6.07 Å². The summed E-state index contributed by atoms with van der Waals surface area (Å²) in [4.78, 5) is 10.2. The fraction of sp³-hybridized carbons (Fsp3) is 0.588. The molecule has 0 radical (unpaired) electrons. The molecule has 0 unspecified atom stereocenters. The molecule has 114 valence electrons. The maximum atomic E-state index is 10.2. The van der Waals surface area contributed by atoms with E-state index in [0.29, 0.717) is 24.4 Å². The molecule has 0 aromatic heterocycles. The lowest BCUT2D eigenvalue weighted by Crippen LogP contribution is -1.95. The molecular formula is C17H28O3. The van der Waals surface area contributed by atoms with E-state index in [2.05, 4.69) is 13.8 Å². The normalized spacial score (nSPS) is 9.60. The maximum Gasteiger partial charge on any atom is 0.132 e. The third-order valence-corrected chi connectivity index (χ3v) is 2.83. The molecule has 3 heteroatoms. The molecule has 0 aliphatic carbocycles. The maximum absolute atomic E-state index is 10.2. The van der Waals surface area contributed by atoms with E-state index >= 15 is 0 Å². The van der Waals surface area contributed by atoms with Crippen LogP contribution in [0, 0.1) is 0 Å². The molecule has 0 aliphatic heterocycles. The van der Waals surface area contributed by atoms with E-state index in [9.17, 15) is 9.90 Å². The van der Waals surface area contributed by atoms with Gasteiger partial charge in [-0.2, -0.15) is 0 Å². The van der Waals surface area contributed by atoms with Crippen LogP contribution in [0.1, 0.15) is 58.9 Å². The molecule has 3 nitrogen and oxygen atoms in total. The van der Waals surface area contributed by atoms with Crippen LogP contribution in [0.25, 0.3) is 0 Å². The molecule has 1 N–H and O–H groups in total. The van der Waals surface area contributed by atoms with E-state index in [0.717, 1.165) is 37.2 Å². The van der Waals surface area contributed by atoms with Crippen molar-refractivity contribution < 1.29 is 14.6 Å². The Hall–Kier alpha value is -1.51. The molecule has 0 saturated heterocycles. The molecule has 1 rings (SSSR count). The van der Waals surface area contributed by atoms with E-state index in [1.165, 1.54) is 0 Å². The quantitative estimate of drug-likeness (QED) is 0.799. The summed E-state index contributed by atoms with van der Waals surface area (Å²) in [5.74, 6) is 1.57. The Labute approximate surface area is 123 Å². The Morgan fingerprint density at radius 2 is 1.75 bits per heavy atom. The molecule has 0 fully saturated rings. The van der Waals surface area contributed by atoms with Gasteiger partial charge in [-0.3, -0.25) is 4.79 Å². The Kier molecular flexibility index (Phi) is 10.5. The fourth-order valence-corrected chi connectivity index (χ4v) is 1.59. The number of Topliss-reactive ketones (excluding diaryl/α,β-unsaturated/α-hetero) is 1. The molecule has 0 aliphatic rings. The van der Waals surface area contributed by atoms with E-state index in [1.807, 2.05) is 26.0 Å². The van der Waals surface area contributed by atoms with Crippen LogP contribution in [-0.4, -0.2) is 17.5 Å². The zero-order valence-electron chi connectivity index (χ0n) is 13.2. The minimum absolute atomic E-state index is 0.343. The van der Waals surface area contributed by atoms with Gasteiger partial charge >= 0.3 is 0 Å². The molecule has 0 spiro atoms. The van der Waals surface area contributed by atoms with Crippen molar-refractivity contribution in [2.45, 2.75) is 59.8 Å². The fourth-order valence-electron chi connectivity index (χ4n) is 1.59. The minimum Gasteiger partial charge on any atom is -0.508 e. The number of aromatic hydroxyl groups is 1. The first-order valence-electron chi connectivity index (χ1n) is 7.55.